The minimum Gasteiger partial charge on any atom is -0.361 e. The first kappa shape index (κ1) is 13.2. The van der Waals surface area contributed by atoms with Gasteiger partial charge in [-0.3, -0.25) is 0 Å². The van der Waals surface area contributed by atoms with Crippen molar-refractivity contribution in [2.45, 2.75) is 76.2 Å². The maximum absolute atomic E-state index is 5.57. The highest BCUT2D eigenvalue weighted by Crippen LogP contribution is 2.34. The molecule has 1 aliphatic carbocycles. The summed E-state index contributed by atoms with van der Waals surface area (Å²) >= 11 is 0. The van der Waals surface area contributed by atoms with Crippen LogP contribution in [0.15, 0.2) is 10.7 Å². The zero-order valence-corrected chi connectivity index (χ0v) is 11.9. The Morgan fingerprint density at radius 1 is 1.05 bits per heavy atom. The molecule has 106 valence electrons. The van der Waals surface area contributed by atoms with Crippen LogP contribution in [-0.2, 0) is 6.42 Å². The fraction of sp³-hybridized carbons (Fsp3) is 0.812. The van der Waals surface area contributed by atoms with E-state index in [9.17, 15) is 0 Å². The van der Waals surface area contributed by atoms with Gasteiger partial charge in [-0.2, -0.15) is 0 Å². The van der Waals surface area contributed by atoms with Crippen molar-refractivity contribution < 1.29 is 4.52 Å². The summed E-state index contributed by atoms with van der Waals surface area (Å²) < 4.78 is 5.57. The Morgan fingerprint density at radius 2 is 1.84 bits per heavy atom. The second kappa shape index (κ2) is 6.56. The van der Waals surface area contributed by atoms with Crippen LogP contribution in [-0.4, -0.2) is 17.7 Å². The van der Waals surface area contributed by atoms with E-state index < -0.39 is 0 Å². The van der Waals surface area contributed by atoms with Crippen molar-refractivity contribution in [2.24, 2.45) is 0 Å². The van der Waals surface area contributed by atoms with Gasteiger partial charge < -0.3 is 9.84 Å². The van der Waals surface area contributed by atoms with E-state index in [1.54, 1.807) is 0 Å². The maximum Gasteiger partial charge on any atom is 0.141 e. The van der Waals surface area contributed by atoms with Crippen LogP contribution in [0.3, 0.4) is 0 Å². The lowest BCUT2D eigenvalue weighted by Gasteiger charge is -2.23. The van der Waals surface area contributed by atoms with E-state index >= 15 is 0 Å². The van der Waals surface area contributed by atoms with E-state index in [0.717, 1.165) is 18.7 Å². The summed E-state index contributed by atoms with van der Waals surface area (Å²) in [4.78, 5) is 0. The molecule has 3 nitrogen and oxygen atoms in total. The van der Waals surface area contributed by atoms with E-state index in [-0.39, 0.29) is 0 Å². The number of hydrogen-bond acceptors (Lipinski definition) is 3. The normalized spacial score (nSPS) is 26.2. The van der Waals surface area contributed by atoms with Crippen LogP contribution >= 0.6 is 0 Å². The number of nitrogens with zero attached hydrogens (tertiary/aromatic N) is 1. The monoisotopic (exact) mass is 262 g/mol. The minimum absolute atomic E-state index is 0.603. The Hall–Kier alpha value is -0.830. The standard InChI is InChI=1S/C16H26N2O/c1-2-4-8-13(7-3-1)15-12-18-19-16(15)11-14-9-5-6-10-17-14/h12-14,17H,1-11H2. The smallest absolute Gasteiger partial charge is 0.141 e. The van der Waals surface area contributed by atoms with Crippen LogP contribution in [0.25, 0.3) is 0 Å². The Labute approximate surface area is 116 Å². The SMILES string of the molecule is c1noc(CC2CCCCN2)c1C1CCCCCC1. The molecule has 0 spiro atoms. The Kier molecular flexibility index (Phi) is 4.54. The number of hydrogen-bond donors (Lipinski definition) is 1. The molecule has 0 amide bonds. The molecular formula is C16H26N2O. The van der Waals surface area contributed by atoms with Crippen LogP contribution in [0.1, 0.15) is 75.0 Å². The third-order valence-corrected chi connectivity index (χ3v) is 4.82. The highest BCUT2D eigenvalue weighted by Gasteiger charge is 2.23. The summed E-state index contributed by atoms with van der Waals surface area (Å²) in [6.07, 6.45) is 15.2. The van der Waals surface area contributed by atoms with Crippen LogP contribution in [0.2, 0.25) is 0 Å². The molecule has 1 atom stereocenters. The van der Waals surface area contributed by atoms with Crippen LogP contribution in [0.4, 0.5) is 0 Å². The van der Waals surface area contributed by atoms with Gasteiger partial charge in [-0.05, 0) is 38.1 Å². The number of rotatable bonds is 3. The Balaban J connectivity index is 1.66. The molecule has 2 heterocycles. The molecule has 2 aliphatic rings. The molecule has 0 bridgehead atoms. The average molecular weight is 262 g/mol. The zero-order chi connectivity index (χ0) is 12.9. The lowest BCUT2D eigenvalue weighted by molar-refractivity contribution is 0.333. The van der Waals surface area contributed by atoms with E-state index in [4.69, 9.17) is 4.52 Å². The fourth-order valence-corrected chi connectivity index (χ4v) is 3.67. The molecule has 0 aromatic carbocycles. The van der Waals surface area contributed by atoms with Gasteiger partial charge in [0.15, 0.2) is 0 Å². The zero-order valence-electron chi connectivity index (χ0n) is 11.9. The third-order valence-electron chi connectivity index (χ3n) is 4.82. The molecule has 3 heteroatoms. The van der Waals surface area contributed by atoms with E-state index in [1.165, 1.54) is 63.4 Å². The van der Waals surface area contributed by atoms with Gasteiger partial charge in [-0.15, -0.1) is 0 Å². The average Bonchev–Trinajstić information content (AvgIpc) is 2.74. The molecular weight excluding hydrogens is 236 g/mol. The number of aromatic nitrogens is 1. The van der Waals surface area contributed by atoms with E-state index in [2.05, 4.69) is 10.5 Å². The molecule has 1 saturated carbocycles. The first-order valence-corrected chi connectivity index (χ1v) is 8.10. The molecule has 0 radical (unpaired) electrons. The van der Waals surface area contributed by atoms with Gasteiger partial charge in [-0.25, -0.2) is 0 Å². The fourth-order valence-electron chi connectivity index (χ4n) is 3.67. The quantitative estimate of drug-likeness (QED) is 0.842. The van der Waals surface area contributed by atoms with Crippen molar-refractivity contribution >= 4 is 0 Å². The summed E-state index contributed by atoms with van der Waals surface area (Å²) in [5, 5.41) is 7.70. The molecule has 1 N–H and O–H groups in total. The second-order valence-corrected chi connectivity index (χ2v) is 6.24. The predicted octanol–water partition coefficient (Wildman–Crippen LogP) is 3.80. The van der Waals surface area contributed by atoms with E-state index in [1.807, 2.05) is 6.20 Å². The van der Waals surface area contributed by atoms with Gasteiger partial charge in [0.2, 0.25) is 0 Å². The third kappa shape index (κ3) is 3.38. The summed E-state index contributed by atoms with van der Waals surface area (Å²) in [6, 6.07) is 0.603. The number of nitrogens with one attached hydrogen (secondary N) is 1. The van der Waals surface area contributed by atoms with E-state index in [0.29, 0.717) is 12.0 Å². The van der Waals surface area contributed by atoms with Gasteiger partial charge in [0.1, 0.15) is 5.76 Å². The van der Waals surface area contributed by atoms with Crippen LogP contribution < -0.4 is 5.32 Å². The molecule has 1 saturated heterocycles. The van der Waals surface area contributed by atoms with Crippen molar-refractivity contribution in [3.63, 3.8) is 0 Å². The Bertz CT molecular complexity index is 374. The highest BCUT2D eigenvalue weighted by atomic mass is 16.5. The molecule has 1 aliphatic heterocycles. The van der Waals surface area contributed by atoms with Crippen LogP contribution in [0, 0.1) is 0 Å². The maximum atomic E-state index is 5.57. The first-order valence-electron chi connectivity index (χ1n) is 8.10. The Morgan fingerprint density at radius 3 is 2.58 bits per heavy atom. The van der Waals surface area contributed by atoms with Crippen molar-refractivity contribution in [3.05, 3.63) is 17.5 Å². The molecule has 3 rings (SSSR count). The molecule has 19 heavy (non-hydrogen) atoms. The van der Waals surface area contributed by atoms with Crippen molar-refractivity contribution in [3.8, 4) is 0 Å². The number of piperidine rings is 1. The van der Waals surface area contributed by atoms with Gasteiger partial charge >= 0.3 is 0 Å². The molecule has 2 fully saturated rings. The largest absolute Gasteiger partial charge is 0.361 e. The van der Waals surface area contributed by atoms with Crippen molar-refractivity contribution in [2.75, 3.05) is 6.54 Å². The summed E-state index contributed by atoms with van der Waals surface area (Å²) in [7, 11) is 0. The minimum atomic E-state index is 0.603. The summed E-state index contributed by atoms with van der Waals surface area (Å²) in [5.74, 6) is 1.86. The molecule has 1 aromatic rings. The van der Waals surface area contributed by atoms with Gasteiger partial charge in [0.25, 0.3) is 0 Å². The lowest BCUT2D eigenvalue weighted by Crippen LogP contribution is -2.35. The summed E-state index contributed by atoms with van der Waals surface area (Å²) in [6.45, 7) is 1.16. The van der Waals surface area contributed by atoms with Crippen LogP contribution in [0.5, 0.6) is 0 Å². The first-order chi connectivity index (χ1) is 9.43. The van der Waals surface area contributed by atoms with Crippen molar-refractivity contribution in [1.82, 2.24) is 10.5 Å². The van der Waals surface area contributed by atoms with Gasteiger partial charge in [0, 0.05) is 18.0 Å². The van der Waals surface area contributed by atoms with Gasteiger partial charge in [0.05, 0.1) is 6.20 Å². The predicted molar refractivity (Wildman–Crippen MR) is 76.3 cm³/mol. The highest BCUT2D eigenvalue weighted by molar-refractivity contribution is 5.20. The topological polar surface area (TPSA) is 38.1 Å². The molecule has 1 unspecified atom stereocenters. The second-order valence-electron chi connectivity index (χ2n) is 6.24. The lowest BCUT2D eigenvalue weighted by atomic mass is 9.90. The summed E-state index contributed by atoms with van der Waals surface area (Å²) in [5.41, 5.74) is 1.41. The van der Waals surface area contributed by atoms with Gasteiger partial charge in [-0.1, -0.05) is 37.3 Å². The molecule has 1 aromatic heterocycles. The van der Waals surface area contributed by atoms with Crippen molar-refractivity contribution in [1.29, 1.82) is 0 Å².